The maximum Gasteiger partial charge on any atom is 0.250 e. The van der Waals surface area contributed by atoms with Gasteiger partial charge in [-0.15, -0.1) is 0 Å². The normalized spacial score (nSPS) is 16.4. The molecule has 0 saturated carbocycles. The average Bonchev–Trinajstić information content (AvgIpc) is 3.13. The highest BCUT2D eigenvalue weighted by Gasteiger charge is 2.36. The molecule has 1 aliphatic rings. The third-order valence-electron chi connectivity index (χ3n) is 4.82. The van der Waals surface area contributed by atoms with Crippen LogP contribution in [0.1, 0.15) is 25.1 Å². The molecule has 7 nitrogen and oxygen atoms in total. The quantitative estimate of drug-likeness (QED) is 0.827. The third-order valence-corrected chi connectivity index (χ3v) is 5.01. The molecular formula is C17H25ClN6O. The highest BCUT2D eigenvalue weighted by Crippen LogP contribution is 2.21. The molecule has 0 unspecified atom stereocenters. The van der Waals surface area contributed by atoms with Gasteiger partial charge in [0.2, 0.25) is 5.91 Å². The Hall–Kier alpha value is -1.86. The fourth-order valence-electron chi connectivity index (χ4n) is 3.25. The van der Waals surface area contributed by atoms with E-state index >= 15 is 0 Å². The van der Waals surface area contributed by atoms with Gasteiger partial charge in [0.1, 0.15) is 5.54 Å². The van der Waals surface area contributed by atoms with Gasteiger partial charge < -0.3 is 4.90 Å². The van der Waals surface area contributed by atoms with Crippen molar-refractivity contribution in [3.8, 4) is 0 Å². The molecule has 1 aliphatic heterocycles. The van der Waals surface area contributed by atoms with Gasteiger partial charge in [0.15, 0.2) is 0 Å². The van der Waals surface area contributed by atoms with Gasteiger partial charge in [0.05, 0.1) is 16.9 Å². The van der Waals surface area contributed by atoms with E-state index in [1.807, 2.05) is 37.4 Å². The van der Waals surface area contributed by atoms with Gasteiger partial charge in [-0.25, -0.2) is 0 Å². The number of amides is 1. The van der Waals surface area contributed by atoms with Crippen molar-refractivity contribution in [2.45, 2.75) is 32.9 Å². The van der Waals surface area contributed by atoms with Crippen molar-refractivity contribution in [1.82, 2.24) is 29.4 Å². The Labute approximate surface area is 153 Å². The largest absolute Gasteiger partial charge is 0.338 e. The molecular weight excluding hydrogens is 340 g/mol. The fraction of sp³-hybridized carbons (Fsp3) is 0.588. The zero-order valence-electron chi connectivity index (χ0n) is 15.2. The summed E-state index contributed by atoms with van der Waals surface area (Å²) in [6, 6.07) is 0. The molecule has 2 aromatic rings. The number of carbonyl (C=O) groups is 1. The minimum atomic E-state index is -0.741. The monoisotopic (exact) mass is 364 g/mol. The van der Waals surface area contributed by atoms with Crippen LogP contribution in [0, 0.1) is 6.92 Å². The standard InChI is InChI=1S/C17H25ClN6O/c1-13-14(10-21(4)20-13)11-22-5-7-23(8-6-22)16(25)17(2,3)24-12-15(18)9-19-24/h9-10,12H,5-8,11H2,1-4H3. The van der Waals surface area contributed by atoms with Crippen LogP contribution in [0.2, 0.25) is 5.02 Å². The number of aromatic nitrogens is 4. The van der Waals surface area contributed by atoms with E-state index in [-0.39, 0.29) is 5.91 Å². The lowest BCUT2D eigenvalue weighted by Gasteiger charge is -2.38. The smallest absolute Gasteiger partial charge is 0.250 e. The summed E-state index contributed by atoms with van der Waals surface area (Å²) in [5.41, 5.74) is 1.57. The van der Waals surface area contributed by atoms with Gasteiger partial charge in [-0.1, -0.05) is 11.6 Å². The number of hydrogen-bond acceptors (Lipinski definition) is 4. The maximum atomic E-state index is 12.9. The van der Waals surface area contributed by atoms with Crippen LogP contribution in [0.15, 0.2) is 18.6 Å². The Bertz CT molecular complexity index is 757. The molecule has 0 spiro atoms. The molecule has 1 fully saturated rings. The first-order chi connectivity index (χ1) is 11.8. The first-order valence-corrected chi connectivity index (χ1v) is 8.86. The fourth-order valence-corrected chi connectivity index (χ4v) is 3.38. The number of piperazine rings is 1. The van der Waals surface area contributed by atoms with E-state index in [0.29, 0.717) is 5.02 Å². The Kier molecular flexibility index (Phi) is 4.88. The van der Waals surface area contributed by atoms with Crippen molar-refractivity contribution in [3.63, 3.8) is 0 Å². The average molecular weight is 365 g/mol. The molecule has 136 valence electrons. The molecule has 0 aromatic carbocycles. The van der Waals surface area contributed by atoms with Crippen molar-refractivity contribution in [2.24, 2.45) is 7.05 Å². The van der Waals surface area contributed by atoms with E-state index < -0.39 is 5.54 Å². The van der Waals surface area contributed by atoms with Crippen LogP contribution in [0.4, 0.5) is 0 Å². The van der Waals surface area contributed by atoms with E-state index in [2.05, 4.69) is 21.3 Å². The van der Waals surface area contributed by atoms with E-state index in [1.54, 1.807) is 17.1 Å². The summed E-state index contributed by atoms with van der Waals surface area (Å²) in [7, 11) is 1.94. The van der Waals surface area contributed by atoms with Crippen LogP contribution in [0.5, 0.6) is 0 Å². The Morgan fingerprint density at radius 1 is 1.24 bits per heavy atom. The highest BCUT2D eigenvalue weighted by atomic mass is 35.5. The number of rotatable bonds is 4. The third kappa shape index (κ3) is 3.72. The molecule has 25 heavy (non-hydrogen) atoms. The predicted molar refractivity (Wildman–Crippen MR) is 96.4 cm³/mol. The van der Waals surface area contributed by atoms with Gasteiger partial charge >= 0.3 is 0 Å². The van der Waals surface area contributed by atoms with Crippen LogP contribution >= 0.6 is 11.6 Å². The van der Waals surface area contributed by atoms with E-state index in [9.17, 15) is 4.79 Å². The van der Waals surface area contributed by atoms with Crippen LogP contribution in [0.25, 0.3) is 0 Å². The van der Waals surface area contributed by atoms with E-state index in [1.165, 1.54) is 5.56 Å². The van der Waals surface area contributed by atoms with Crippen LogP contribution < -0.4 is 0 Å². The Morgan fingerprint density at radius 2 is 1.92 bits per heavy atom. The zero-order chi connectivity index (χ0) is 18.2. The Morgan fingerprint density at radius 3 is 2.44 bits per heavy atom. The molecule has 0 N–H and O–H groups in total. The van der Waals surface area contributed by atoms with Crippen molar-refractivity contribution >= 4 is 17.5 Å². The molecule has 3 rings (SSSR count). The molecule has 0 aliphatic carbocycles. The van der Waals surface area contributed by atoms with Crippen molar-refractivity contribution in [2.75, 3.05) is 26.2 Å². The molecule has 1 saturated heterocycles. The van der Waals surface area contributed by atoms with Crippen LogP contribution in [-0.2, 0) is 23.9 Å². The van der Waals surface area contributed by atoms with E-state index in [4.69, 9.17) is 11.6 Å². The molecule has 2 aromatic heterocycles. The van der Waals surface area contributed by atoms with Gasteiger partial charge in [-0.05, 0) is 20.8 Å². The second-order valence-electron chi connectivity index (χ2n) is 7.14. The number of hydrogen-bond donors (Lipinski definition) is 0. The lowest BCUT2D eigenvalue weighted by atomic mass is 10.0. The predicted octanol–water partition coefficient (Wildman–Crippen LogP) is 1.66. The van der Waals surface area contributed by atoms with Gasteiger partial charge in [-0.3, -0.25) is 19.1 Å². The summed E-state index contributed by atoms with van der Waals surface area (Å²) >= 11 is 5.95. The Balaban J connectivity index is 1.60. The first-order valence-electron chi connectivity index (χ1n) is 8.49. The minimum absolute atomic E-state index is 0.0736. The SMILES string of the molecule is Cc1nn(C)cc1CN1CCN(C(=O)C(C)(C)n2cc(Cl)cn2)CC1. The molecule has 3 heterocycles. The number of halogens is 1. The summed E-state index contributed by atoms with van der Waals surface area (Å²) in [6.07, 6.45) is 5.32. The van der Waals surface area contributed by atoms with Crippen LogP contribution in [0.3, 0.4) is 0 Å². The van der Waals surface area contributed by atoms with Crippen LogP contribution in [-0.4, -0.2) is 61.4 Å². The highest BCUT2D eigenvalue weighted by molar-refractivity contribution is 6.30. The summed E-state index contributed by atoms with van der Waals surface area (Å²) < 4.78 is 3.49. The molecule has 1 amide bonds. The number of nitrogens with zero attached hydrogens (tertiary/aromatic N) is 6. The second-order valence-corrected chi connectivity index (χ2v) is 7.58. The molecule has 0 bridgehead atoms. The van der Waals surface area contributed by atoms with Gasteiger partial charge in [0, 0.05) is 57.7 Å². The summed E-state index contributed by atoms with van der Waals surface area (Å²) in [5.74, 6) is 0.0736. The van der Waals surface area contributed by atoms with E-state index in [0.717, 1.165) is 38.4 Å². The van der Waals surface area contributed by atoms with Crippen molar-refractivity contribution in [1.29, 1.82) is 0 Å². The van der Waals surface area contributed by atoms with Gasteiger partial charge in [-0.2, -0.15) is 10.2 Å². The molecule has 8 heteroatoms. The second kappa shape index (κ2) is 6.80. The zero-order valence-corrected chi connectivity index (χ0v) is 16.0. The number of carbonyl (C=O) groups excluding carboxylic acids is 1. The summed E-state index contributed by atoms with van der Waals surface area (Å²) in [6.45, 7) is 9.82. The van der Waals surface area contributed by atoms with Crippen molar-refractivity contribution in [3.05, 3.63) is 34.9 Å². The maximum absolute atomic E-state index is 12.9. The summed E-state index contributed by atoms with van der Waals surface area (Å²) in [5, 5.41) is 9.14. The topological polar surface area (TPSA) is 59.2 Å². The first kappa shape index (κ1) is 17.9. The van der Waals surface area contributed by atoms with Crippen molar-refractivity contribution < 1.29 is 4.79 Å². The molecule has 0 radical (unpaired) electrons. The van der Waals surface area contributed by atoms with Gasteiger partial charge in [0.25, 0.3) is 0 Å². The lowest BCUT2D eigenvalue weighted by molar-refractivity contribution is -0.141. The number of aryl methyl sites for hydroxylation is 2. The minimum Gasteiger partial charge on any atom is -0.338 e. The lowest BCUT2D eigenvalue weighted by Crippen LogP contribution is -2.54. The molecule has 0 atom stereocenters. The summed E-state index contributed by atoms with van der Waals surface area (Å²) in [4.78, 5) is 17.2.